The van der Waals surface area contributed by atoms with Gasteiger partial charge < -0.3 is 5.32 Å². The maximum Gasteiger partial charge on any atom is 0.248 e. The highest BCUT2D eigenvalue weighted by Crippen LogP contribution is 2.56. The third-order valence-electron chi connectivity index (χ3n) is 7.90. The predicted octanol–water partition coefficient (Wildman–Crippen LogP) is 4.42. The van der Waals surface area contributed by atoms with Crippen LogP contribution in [0, 0.1) is 23.7 Å². The molecular formula is C28H26N2O3. The molecule has 1 saturated heterocycles. The second-order valence-corrected chi connectivity index (χ2v) is 9.65. The van der Waals surface area contributed by atoms with Crippen molar-refractivity contribution in [3.8, 4) is 0 Å². The van der Waals surface area contributed by atoms with E-state index in [1.807, 2.05) is 72.8 Å². The summed E-state index contributed by atoms with van der Waals surface area (Å²) >= 11 is 0. The van der Waals surface area contributed by atoms with Crippen LogP contribution in [0.1, 0.15) is 24.8 Å². The lowest BCUT2D eigenvalue weighted by Gasteiger charge is -2.27. The van der Waals surface area contributed by atoms with Gasteiger partial charge in [-0.15, -0.1) is 0 Å². The first-order valence-corrected chi connectivity index (χ1v) is 11.8. The van der Waals surface area contributed by atoms with Crippen LogP contribution in [0.5, 0.6) is 0 Å². The Hall–Kier alpha value is -3.47. The molecule has 2 aliphatic carbocycles. The fourth-order valence-electron chi connectivity index (χ4n) is 6.43. The van der Waals surface area contributed by atoms with Gasteiger partial charge in [0, 0.05) is 17.5 Å². The Bertz CT molecular complexity index is 1220. The number of nitrogens with zero attached hydrogens (tertiary/aromatic N) is 1. The van der Waals surface area contributed by atoms with Gasteiger partial charge in [0.1, 0.15) is 6.04 Å². The van der Waals surface area contributed by atoms with E-state index in [0.717, 1.165) is 35.6 Å². The fourth-order valence-corrected chi connectivity index (χ4v) is 6.43. The number of hydrogen-bond donors (Lipinski definition) is 1. The van der Waals surface area contributed by atoms with E-state index in [1.54, 1.807) is 0 Å². The number of anilines is 1. The summed E-state index contributed by atoms with van der Waals surface area (Å²) in [6, 6.07) is 22.4. The lowest BCUT2D eigenvalue weighted by Crippen LogP contribution is -2.49. The molecule has 0 unspecified atom stereocenters. The third kappa shape index (κ3) is 3.26. The predicted molar refractivity (Wildman–Crippen MR) is 126 cm³/mol. The molecular weight excluding hydrogens is 412 g/mol. The molecule has 0 spiro atoms. The van der Waals surface area contributed by atoms with Crippen molar-refractivity contribution in [1.82, 2.24) is 4.90 Å². The Morgan fingerprint density at radius 1 is 0.848 bits per heavy atom. The molecule has 5 atom stereocenters. The van der Waals surface area contributed by atoms with Gasteiger partial charge in [-0.1, -0.05) is 66.7 Å². The number of hydrogen-bond acceptors (Lipinski definition) is 3. The van der Waals surface area contributed by atoms with E-state index >= 15 is 0 Å². The van der Waals surface area contributed by atoms with Crippen molar-refractivity contribution < 1.29 is 14.4 Å². The topological polar surface area (TPSA) is 66.5 Å². The molecule has 3 aromatic rings. The van der Waals surface area contributed by atoms with Gasteiger partial charge in [-0.05, 0) is 48.1 Å². The summed E-state index contributed by atoms with van der Waals surface area (Å²) in [6.45, 7) is 0. The highest BCUT2D eigenvalue weighted by molar-refractivity contribution is 6.12. The van der Waals surface area contributed by atoms with Crippen molar-refractivity contribution in [3.63, 3.8) is 0 Å². The molecule has 5 nitrogen and oxygen atoms in total. The quantitative estimate of drug-likeness (QED) is 0.600. The smallest absolute Gasteiger partial charge is 0.248 e. The SMILES string of the molecule is O=C(Nc1cccc2ccccc12)[C@@H](Cc1ccccc1)N1C(=O)[C@@H]2[C@H]3CC[C@@H](C3)[C@@H]2C1=O. The molecule has 166 valence electrons. The number of carbonyl (C=O) groups excluding carboxylic acids is 3. The van der Waals surface area contributed by atoms with E-state index in [2.05, 4.69) is 5.32 Å². The zero-order chi connectivity index (χ0) is 22.5. The molecule has 3 fully saturated rings. The summed E-state index contributed by atoms with van der Waals surface area (Å²) < 4.78 is 0. The van der Waals surface area contributed by atoms with E-state index in [1.165, 1.54) is 4.90 Å². The van der Waals surface area contributed by atoms with Crippen LogP contribution in [-0.4, -0.2) is 28.7 Å². The fraction of sp³-hybridized carbons (Fsp3) is 0.321. The molecule has 5 heteroatoms. The van der Waals surface area contributed by atoms with E-state index in [4.69, 9.17) is 0 Å². The lowest BCUT2D eigenvalue weighted by molar-refractivity contribution is -0.147. The van der Waals surface area contributed by atoms with E-state index in [9.17, 15) is 14.4 Å². The molecule has 3 amide bonds. The number of rotatable bonds is 5. The Kier molecular flexibility index (Phi) is 4.79. The maximum absolute atomic E-state index is 13.7. The number of imide groups is 1. The van der Waals surface area contributed by atoms with Crippen LogP contribution in [-0.2, 0) is 20.8 Å². The first-order chi connectivity index (χ1) is 16.1. The van der Waals surface area contributed by atoms with Gasteiger partial charge in [0.25, 0.3) is 0 Å². The summed E-state index contributed by atoms with van der Waals surface area (Å²) in [4.78, 5) is 42.0. The van der Waals surface area contributed by atoms with Crippen molar-refractivity contribution in [2.24, 2.45) is 23.7 Å². The zero-order valence-corrected chi connectivity index (χ0v) is 18.3. The molecule has 2 bridgehead atoms. The van der Waals surface area contributed by atoms with Gasteiger partial charge in [0.05, 0.1) is 11.8 Å². The maximum atomic E-state index is 13.7. The third-order valence-corrected chi connectivity index (χ3v) is 7.90. The number of benzene rings is 3. The Labute approximate surface area is 192 Å². The summed E-state index contributed by atoms with van der Waals surface area (Å²) in [7, 11) is 0. The highest BCUT2D eigenvalue weighted by atomic mass is 16.2. The van der Waals surface area contributed by atoms with Crippen LogP contribution in [0.4, 0.5) is 5.69 Å². The molecule has 1 heterocycles. The normalized spacial score (nSPS) is 26.6. The van der Waals surface area contributed by atoms with Crippen molar-refractivity contribution in [2.45, 2.75) is 31.7 Å². The van der Waals surface area contributed by atoms with Gasteiger partial charge in [-0.2, -0.15) is 0 Å². The van der Waals surface area contributed by atoms with E-state index in [-0.39, 0.29) is 29.6 Å². The van der Waals surface area contributed by atoms with Gasteiger partial charge >= 0.3 is 0 Å². The second-order valence-electron chi connectivity index (χ2n) is 9.65. The van der Waals surface area contributed by atoms with Crippen molar-refractivity contribution >= 4 is 34.2 Å². The van der Waals surface area contributed by atoms with Crippen LogP contribution < -0.4 is 5.32 Å². The summed E-state index contributed by atoms with van der Waals surface area (Å²) in [5, 5.41) is 5.00. The zero-order valence-electron chi connectivity index (χ0n) is 18.3. The molecule has 1 aliphatic heterocycles. The van der Waals surface area contributed by atoms with Crippen molar-refractivity contribution in [1.29, 1.82) is 0 Å². The molecule has 3 aliphatic rings. The van der Waals surface area contributed by atoms with Crippen LogP contribution in [0.2, 0.25) is 0 Å². The van der Waals surface area contributed by atoms with Gasteiger partial charge in [-0.3, -0.25) is 19.3 Å². The van der Waals surface area contributed by atoms with Gasteiger partial charge in [0.15, 0.2) is 0 Å². The molecule has 0 radical (unpaired) electrons. The number of amides is 3. The molecule has 3 aromatic carbocycles. The average molecular weight is 439 g/mol. The molecule has 2 saturated carbocycles. The van der Waals surface area contributed by atoms with Crippen LogP contribution in [0.3, 0.4) is 0 Å². The van der Waals surface area contributed by atoms with Crippen LogP contribution in [0.25, 0.3) is 10.8 Å². The Morgan fingerprint density at radius 3 is 2.21 bits per heavy atom. The first kappa shape index (κ1) is 20.2. The van der Waals surface area contributed by atoms with Crippen molar-refractivity contribution in [2.75, 3.05) is 5.32 Å². The second kappa shape index (κ2) is 7.84. The minimum Gasteiger partial charge on any atom is -0.324 e. The number of fused-ring (bicyclic) bond motifs is 6. The van der Waals surface area contributed by atoms with Crippen molar-refractivity contribution in [3.05, 3.63) is 78.4 Å². The summed E-state index contributed by atoms with van der Waals surface area (Å²) in [5.74, 6) is -0.499. The Morgan fingerprint density at radius 2 is 1.48 bits per heavy atom. The lowest BCUT2D eigenvalue weighted by atomic mass is 9.81. The first-order valence-electron chi connectivity index (χ1n) is 11.8. The summed E-state index contributed by atoms with van der Waals surface area (Å²) in [5.41, 5.74) is 1.62. The minimum absolute atomic E-state index is 0.147. The average Bonchev–Trinajstić information content (AvgIpc) is 3.52. The minimum atomic E-state index is -0.864. The van der Waals surface area contributed by atoms with E-state index < -0.39 is 6.04 Å². The monoisotopic (exact) mass is 438 g/mol. The number of nitrogens with one attached hydrogen (secondary N) is 1. The highest BCUT2D eigenvalue weighted by Gasteiger charge is 2.62. The summed E-state index contributed by atoms with van der Waals surface area (Å²) in [6.07, 6.45) is 3.32. The van der Waals surface area contributed by atoms with Gasteiger partial charge in [-0.25, -0.2) is 0 Å². The molecule has 0 aromatic heterocycles. The van der Waals surface area contributed by atoms with Gasteiger partial charge in [0.2, 0.25) is 17.7 Å². The standard InChI is InChI=1S/C28H26N2O3/c31-26(29-22-12-6-10-18-9-4-5-11-21(18)22)23(15-17-7-2-1-3-8-17)30-27(32)24-19-13-14-20(16-19)25(24)28(30)33/h1-12,19-20,23-25H,13-16H2,(H,29,31)/t19-,20-,23+,24-,25+/m0/s1. The molecule has 1 N–H and O–H groups in total. The van der Waals surface area contributed by atoms with Crippen LogP contribution >= 0.6 is 0 Å². The number of carbonyl (C=O) groups is 3. The largest absolute Gasteiger partial charge is 0.324 e. The number of likely N-dealkylation sites (tertiary alicyclic amines) is 1. The molecule has 33 heavy (non-hydrogen) atoms. The Balaban J connectivity index is 1.35. The van der Waals surface area contributed by atoms with Crippen LogP contribution in [0.15, 0.2) is 72.8 Å². The molecule has 6 rings (SSSR count). The van der Waals surface area contributed by atoms with E-state index in [0.29, 0.717) is 23.9 Å².